The Morgan fingerprint density at radius 3 is 2.45 bits per heavy atom. The molecule has 0 saturated carbocycles. The molecule has 0 aliphatic rings. The second-order valence-electron chi connectivity index (χ2n) is 7.44. The summed E-state index contributed by atoms with van der Waals surface area (Å²) in [5, 5.41) is 29.8. The number of carbonyl (C=O) groups is 1. The summed E-state index contributed by atoms with van der Waals surface area (Å²) in [6.07, 6.45) is 5.42. The van der Waals surface area contributed by atoms with Crippen LogP contribution in [-0.2, 0) is 6.42 Å². The molecular formula is C24H27FN4O3S. The van der Waals surface area contributed by atoms with E-state index in [1.807, 2.05) is 18.2 Å². The molecule has 0 bridgehead atoms. The van der Waals surface area contributed by atoms with Crippen molar-refractivity contribution in [3.63, 3.8) is 0 Å². The van der Waals surface area contributed by atoms with Crippen LogP contribution in [0.4, 0.5) is 3.89 Å². The van der Waals surface area contributed by atoms with Crippen molar-refractivity contribution in [3.8, 4) is 11.5 Å². The average Bonchev–Trinajstić information content (AvgIpc) is 3.19. The Morgan fingerprint density at radius 1 is 1.09 bits per heavy atom. The number of aromatic hydroxyl groups is 2. The highest BCUT2D eigenvalue weighted by Crippen LogP contribution is 2.24. The van der Waals surface area contributed by atoms with Crippen LogP contribution in [0.1, 0.15) is 34.5 Å². The first-order chi connectivity index (χ1) is 16.0. The number of allylic oxidation sites excluding steroid dienone is 1. The molecule has 0 unspecified atom stereocenters. The summed E-state index contributed by atoms with van der Waals surface area (Å²) in [4.78, 5) is 12.6. The quantitative estimate of drug-likeness (QED) is 0.310. The fourth-order valence-corrected chi connectivity index (χ4v) is 3.51. The third-order valence-corrected chi connectivity index (χ3v) is 5.67. The van der Waals surface area contributed by atoms with Crippen LogP contribution in [0.2, 0.25) is 0 Å². The molecule has 0 fully saturated rings. The molecule has 3 aromatic rings. The second-order valence-corrected chi connectivity index (χ2v) is 8.04. The van der Waals surface area contributed by atoms with Crippen LogP contribution in [-0.4, -0.2) is 39.0 Å². The van der Waals surface area contributed by atoms with E-state index in [-0.39, 0.29) is 29.6 Å². The minimum absolute atomic E-state index is 0.119. The number of halogens is 1. The minimum atomic E-state index is -0.186. The number of hydrogen-bond donors (Lipinski definition) is 4. The third kappa shape index (κ3) is 6.76. The van der Waals surface area contributed by atoms with E-state index < -0.39 is 0 Å². The summed E-state index contributed by atoms with van der Waals surface area (Å²) in [5.41, 5.74) is 1.95. The topological polar surface area (TPSA) is 99.4 Å². The lowest BCUT2D eigenvalue weighted by molar-refractivity contribution is 0.0953. The van der Waals surface area contributed by atoms with Crippen molar-refractivity contribution in [2.75, 3.05) is 13.1 Å². The van der Waals surface area contributed by atoms with Crippen molar-refractivity contribution in [2.24, 2.45) is 0 Å². The molecular weight excluding hydrogens is 443 g/mol. The lowest BCUT2D eigenvalue weighted by Crippen LogP contribution is -2.25. The highest BCUT2D eigenvalue weighted by molar-refractivity contribution is 7.94. The Labute approximate surface area is 196 Å². The second kappa shape index (κ2) is 12.0. The van der Waals surface area contributed by atoms with Crippen LogP contribution in [0, 0.1) is 6.92 Å². The van der Waals surface area contributed by atoms with Gasteiger partial charge in [0, 0.05) is 18.7 Å². The van der Waals surface area contributed by atoms with Crippen LogP contribution in [0.25, 0.3) is 5.82 Å². The first kappa shape index (κ1) is 24.2. The van der Waals surface area contributed by atoms with E-state index >= 15 is 0 Å². The number of phenols is 2. The number of carbonyl (C=O) groups excluding carboxylic acids is 1. The van der Waals surface area contributed by atoms with E-state index in [2.05, 4.69) is 15.7 Å². The van der Waals surface area contributed by atoms with Crippen LogP contribution >= 0.6 is 12.1 Å². The number of amides is 1. The van der Waals surface area contributed by atoms with E-state index in [9.17, 15) is 18.9 Å². The van der Waals surface area contributed by atoms with E-state index in [0.717, 1.165) is 18.4 Å². The summed E-state index contributed by atoms with van der Waals surface area (Å²) < 4.78 is 14.8. The molecule has 0 atom stereocenters. The zero-order chi connectivity index (χ0) is 23.6. The van der Waals surface area contributed by atoms with Crippen LogP contribution in [0.3, 0.4) is 0 Å². The van der Waals surface area contributed by atoms with Gasteiger partial charge in [0.05, 0.1) is 28.9 Å². The number of nitrogens with one attached hydrogen (secondary N) is 2. The predicted molar refractivity (Wildman–Crippen MR) is 128 cm³/mol. The molecule has 7 nitrogen and oxygen atoms in total. The van der Waals surface area contributed by atoms with Crippen molar-refractivity contribution < 1.29 is 18.9 Å². The predicted octanol–water partition coefficient (Wildman–Crippen LogP) is 4.42. The van der Waals surface area contributed by atoms with Crippen molar-refractivity contribution >= 4 is 23.9 Å². The number of aromatic nitrogens is 2. The van der Waals surface area contributed by atoms with Gasteiger partial charge in [0.1, 0.15) is 17.3 Å². The van der Waals surface area contributed by atoms with Gasteiger partial charge >= 0.3 is 0 Å². The number of hydrogen-bond acceptors (Lipinski definition) is 6. The average molecular weight is 471 g/mol. The van der Waals surface area contributed by atoms with Crippen molar-refractivity contribution in [1.82, 2.24) is 20.4 Å². The lowest BCUT2D eigenvalue weighted by Gasteiger charge is -2.14. The summed E-state index contributed by atoms with van der Waals surface area (Å²) in [6, 6.07) is 13.2. The number of benzene rings is 2. The molecule has 9 heteroatoms. The minimum Gasteiger partial charge on any atom is -0.508 e. The van der Waals surface area contributed by atoms with Gasteiger partial charge in [0.2, 0.25) is 0 Å². The molecule has 3 rings (SSSR count). The van der Waals surface area contributed by atoms with Gasteiger partial charge < -0.3 is 20.8 Å². The highest BCUT2D eigenvalue weighted by Gasteiger charge is 2.11. The van der Waals surface area contributed by atoms with Crippen LogP contribution in [0.5, 0.6) is 11.5 Å². The van der Waals surface area contributed by atoms with Gasteiger partial charge in [-0.25, -0.2) is 4.68 Å². The lowest BCUT2D eigenvalue weighted by atomic mass is 10.1. The summed E-state index contributed by atoms with van der Waals surface area (Å²) in [7, 11) is 0. The number of unbranched alkanes of at least 4 members (excludes halogenated alkanes) is 1. The summed E-state index contributed by atoms with van der Waals surface area (Å²) in [5.74, 6) is 0.849. The van der Waals surface area contributed by atoms with Crippen molar-refractivity contribution in [3.05, 3.63) is 77.6 Å². The van der Waals surface area contributed by atoms with Gasteiger partial charge in [0.25, 0.3) is 5.91 Å². The van der Waals surface area contributed by atoms with Crippen LogP contribution < -0.4 is 10.6 Å². The van der Waals surface area contributed by atoms with E-state index in [4.69, 9.17) is 0 Å². The van der Waals surface area contributed by atoms with Gasteiger partial charge in [-0.1, -0.05) is 18.2 Å². The maximum Gasteiger partial charge on any atom is 0.251 e. The normalized spacial score (nSPS) is 11.4. The molecule has 0 spiro atoms. The Balaban J connectivity index is 1.54. The zero-order valence-electron chi connectivity index (χ0n) is 18.3. The fraction of sp³-hybridized carbons (Fsp3) is 0.250. The third-order valence-electron chi connectivity index (χ3n) is 5.11. The fourth-order valence-electron chi connectivity index (χ4n) is 3.22. The maximum absolute atomic E-state index is 13.1. The SMILES string of the molecule is Cc1c(SF)cnn1/C(=C\Cc1ccccc1O)NCCCCNC(=O)c1ccc(O)cc1. The molecule has 0 aliphatic heterocycles. The molecule has 33 heavy (non-hydrogen) atoms. The summed E-state index contributed by atoms with van der Waals surface area (Å²) in [6.45, 7) is 2.93. The molecule has 4 N–H and O–H groups in total. The van der Waals surface area contributed by atoms with Gasteiger partial charge in [0.15, 0.2) is 0 Å². The van der Waals surface area contributed by atoms with Crippen molar-refractivity contribution in [1.29, 1.82) is 0 Å². The molecule has 174 valence electrons. The standard InChI is InChI=1S/C24H27FN4O3S/c1-17-22(33-25)16-28-29(17)23(13-10-18-6-2-3-7-21(18)31)26-14-4-5-15-27-24(32)19-8-11-20(30)12-9-19/h2-3,6-9,11-13,16,26,30-31H,4-5,10,14-15H2,1H3,(H,27,32)/b23-13-. The Hall–Kier alpha value is -3.46. The highest BCUT2D eigenvalue weighted by atomic mass is 32.2. The molecule has 1 amide bonds. The Kier molecular flexibility index (Phi) is 8.77. The van der Waals surface area contributed by atoms with E-state index in [0.29, 0.717) is 41.5 Å². The molecule has 0 saturated heterocycles. The molecule has 2 aromatic carbocycles. The van der Waals surface area contributed by atoms with E-state index in [1.165, 1.54) is 18.3 Å². The molecule has 0 aliphatic carbocycles. The number of nitrogens with zero attached hydrogens (tertiary/aromatic N) is 2. The molecule has 0 radical (unpaired) electrons. The van der Waals surface area contributed by atoms with E-state index in [1.54, 1.807) is 35.9 Å². The molecule has 1 heterocycles. The number of rotatable bonds is 11. The summed E-state index contributed by atoms with van der Waals surface area (Å²) >= 11 is 0.155. The first-order valence-electron chi connectivity index (χ1n) is 10.6. The van der Waals surface area contributed by atoms with Crippen molar-refractivity contribution in [2.45, 2.75) is 31.1 Å². The molecule has 1 aromatic heterocycles. The van der Waals surface area contributed by atoms with Gasteiger partial charge in [-0.15, -0.1) is 0 Å². The Morgan fingerprint density at radius 2 is 1.79 bits per heavy atom. The van der Waals surface area contributed by atoms with Crippen LogP contribution in [0.15, 0.2) is 65.7 Å². The Bertz CT molecular complexity index is 1100. The monoisotopic (exact) mass is 470 g/mol. The maximum atomic E-state index is 13.1. The van der Waals surface area contributed by atoms with Gasteiger partial charge in [-0.3, -0.25) is 4.79 Å². The number of para-hydroxylation sites is 1. The smallest absolute Gasteiger partial charge is 0.251 e. The van der Waals surface area contributed by atoms with Gasteiger partial charge in [-0.05, 0) is 68.2 Å². The van der Waals surface area contributed by atoms with Gasteiger partial charge in [-0.2, -0.15) is 8.98 Å². The number of phenolic OH excluding ortho intramolecular Hbond substituents is 2. The largest absolute Gasteiger partial charge is 0.508 e. The first-order valence-corrected chi connectivity index (χ1v) is 11.3. The zero-order valence-corrected chi connectivity index (χ0v) is 19.1.